The van der Waals surface area contributed by atoms with Crippen molar-refractivity contribution in [1.29, 1.82) is 0 Å². The summed E-state index contributed by atoms with van der Waals surface area (Å²) in [7, 11) is 0. The van der Waals surface area contributed by atoms with Crippen molar-refractivity contribution < 1.29 is 19.1 Å². The molecule has 3 aromatic rings. The van der Waals surface area contributed by atoms with E-state index in [-0.39, 0.29) is 18.6 Å². The molecule has 0 saturated carbocycles. The summed E-state index contributed by atoms with van der Waals surface area (Å²) in [6, 6.07) is 14.0. The highest BCUT2D eigenvalue weighted by Crippen LogP contribution is 2.33. The first-order valence-electron chi connectivity index (χ1n) is 10.3. The minimum atomic E-state index is -0.262. The number of carbonyl (C=O) groups is 2. The molecule has 1 saturated heterocycles. The number of carbonyl (C=O) groups excluding carboxylic acids is 2. The van der Waals surface area contributed by atoms with E-state index in [0.29, 0.717) is 60.4 Å². The standard InChI is InChI=1S/C23H21N5O4/c29-22(16-6-7-19-20(14-16)32-15-31-19)26-17-5-3-9-25-21(17)27-10-12-28(13-11-27)23(30)18-4-1-2-8-24-18/h1-9,14H,10-13,15H2,(H,26,29). The van der Waals surface area contributed by atoms with Crippen molar-refractivity contribution in [2.45, 2.75) is 0 Å². The molecule has 1 aromatic carbocycles. The van der Waals surface area contributed by atoms with Crippen LogP contribution in [0.4, 0.5) is 11.5 Å². The first-order chi connectivity index (χ1) is 15.7. The fourth-order valence-electron chi connectivity index (χ4n) is 3.75. The van der Waals surface area contributed by atoms with E-state index in [4.69, 9.17) is 9.47 Å². The Kier molecular flexibility index (Phi) is 5.29. The summed E-state index contributed by atoms with van der Waals surface area (Å²) in [5, 5.41) is 2.95. The van der Waals surface area contributed by atoms with E-state index in [1.54, 1.807) is 59.8 Å². The lowest BCUT2D eigenvalue weighted by molar-refractivity contribution is 0.0740. The maximum Gasteiger partial charge on any atom is 0.272 e. The van der Waals surface area contributed by atoms with Gasteiger partial charge in [0.2, 0.25) is 6.79 Å². The van der Waals surface area contributed by atoms with Crippen molar-refractivity contribution in [3.63, 3.8) is 0 Å². The van der Waals surface area contributed by atoms with Gasteiger partial charge in [0.05, 0.1) is 5.69 Å². The van der Waals surface area contributed by atoms with Gasteiger partial charge in [-0.15, -0.1) is 0 Å². The van der Waals surface area contributed by atoms with Gasteiger partial charge in [-0.3, -0.25) is 14.6 Å². The number of piperazine rings is 1. The van der Waals surface area contributed by atoms with Crippen molar-refractivity contribution in [3.8, 4) is 11.5 Å². The summed E-state index contributed by atoms with van der Waals surface area (Å²) in [5.41, 5.74) is 1.52. The Morgan fingerprint density at radius 1 is 0.875 bits per heavy atom. The first kappa shape index (κ1) is 19.8. The second-order valence-electron chi connectivity index (χ2n) is 7.39. The normalized spacial score (nSPS) is 14.9. The fourth-order valence-corrected chi connectivity index (χ4v) is 3.75. The number of hydrogen-bond donors (Lipinski definition) is 1. The summed E-state index contributed by atoms with van der Waals surface area (Å²) in [6.07, 6.45) is 3.31. The Labute approximate surface area is 184 Å². The van der Waals surface area contributed by atoms with Gasteiger partial charge in [0.25, 0.3) is 11.8 Å². The maximum atomic E-state index is 12.8. The van der Waals surface area contributed by atoms with Gasteiger partial charge in [0, 0.05) is 44.1 Å². The molecule has 0 aliphatic carbocycles. The lowest BCUT2D eigenvalue weighted by Gasteiger charge is -2.36. The van der Waals surface area contributed by atoms with E-state index in [9.17, 15) is 9.59 Å². The molecule has 2 aromatic heterocycles. The molecule has 1 N–H and O–H groups in total. The lowest BCUT2D eigenvalue weighted by atomic mass is 10.2. The summed E-state index contributed by atoms with van der Waals surface area (Å²) in [5.74, 6) is 1.51. The van der Waals surface area contributed by atoms with Crippen LogP contribution in [0, 0.1) is 0 Å². The molecule has 4 heterocycles. The summed E-state index contributed by atoms with van der Waals surface area (Å²) >= 11 is 0. The van der Waals surface area contributed by atoms with E-state index in [1.807, 2.05) is 6.07 Å². The van der Waals surface area contributed by atoms with Crippen LogP contribution in [0.25, 0.3) is 0 Å². The van der Waals surface area contributed by atoms with Crippen LogP contribution in [0.1, 0.15) is 20.8 Å². The van der Waals surface area contributed by atoms with E-state index in [1.165, 1.54) is 0 Å². The quantitative estimate of drug-likeness (QED) is 0.678. The van der Waals surface area contributed by atoms with Crippen molar-refractivity contribution in [2.24, 2.45) is 0 Å². The fraction of sp³-hybridized carbons (Fsp3) is 0.217. The molecule has 0 atom stereocenters. The van der Waals surface area contributed by atoms with Gasteiger partial charge in [-0.2, -0.15) is 0 Å². The van der Waals surface area contributed by atoms with Crippen LogP contribution >= 0.6 is 0 Å². The van der Waals surface area contributed by atoms with Gasteiger partial charge < -0.3 is 24.6 Å². The molecule has 0 bridgehead atoms. The lowest BCUT2D eigenvalue weighted by Crippen LogP contribution is -2.49. The highest BCUT2D eigenvalue weighted by Gasteiger charge is 2.25. The molecule has 2 amide bonds. The number of ether oxygens (including phenoxy) is 2. The van der Waals surface area contributed by atoms with Crippen molar-refractivity contribution in [3.05, 3.63) is 72.2 Å². The largest absolute Gasteiger partial charge is 0.454 e. The minimum absolute atomic E-state index is 0.0809. The number of rotatable bonds is 4. The summed E-state index contributed by atoms with van der Waals surface area (Å²) in [4.78, 5) is 38.0. The Bertz CT molecular complexity index is 1150. The molecule has 32 heavy (non-hydrogen) atoms. The number of amides is 2. The first-order valence-corrected chi connectivity index (χ1v) is 10.3. The van der Waals surface area contributed by atoms with Gasteiger partial charge >= 0.3 is 0 Å². The molecular weight excluding hydrogens is 410 g/mol. The SMILES string of the molecule is O=C(Nc1cccnc1N1CCN(C(=O)c2ccccn2)CC1)c1ccc2c(c1)OCO2. The monoisotopic (exact) mass is 431 g/mol. The average molecular weight is 431 g/mol. The van der Waals surface area contributed by atoms with Gasteiger partial charge in [-0.1, -0.05) is 6.07 Å². The number of anilines is 2. The Morgan fingerprint density at radius 3 is 2.50 bits per heavy atom. The second-order valence-corrected chi connectivity index (χ2v) is 7.39. The van der Waals surface area contributed by atoms with Gasteiger partial charge in [-0.05, 0) is 42.5 Å². The second kappa shape index (κ2) is 8.54. The Hall–Kier alpha value is -4.14. The van der Waals surface area contributed by atoms with E-state index in [0.717, 1.165) is 0 Å². The predicted molar refractivity (Wildman–Crippen MR) is 117 cm³/mol. The van der Waals surface area contributed by atoms with Crippen LogP contribution in [0.3, 0.4) is 0 Å². The van der Waals surface area contributed by atoms with E-state index in [2.05, 4.69) is 20.2 Å². The number of fused-ring (bicyclic) bond motifs is 1. The zero-order valence-corrected chi connectivity index (χ0v) is 17.2. The van der Waals surface area contributed by atoms with Gasteiger partial charge in [-0.25, -0.2) is 4.98 Å². The van der Waals surface area contributed by atoms with Crippen molar-refractivity contribution in [2.75, 3.05) is 43.2 Å². The minimum Gasteiger partial charge on any atom is -0.454 e. The van der Waals surface area contributed by atoms with Crippen molar-refractivity contribution in [1.82, 2.24) is 14.9 Å². The molecule has 1 fully saturated rings. The van der Waals surface area contributed by atoms with Gasteiger partial charge in [0.15, 0.2) is 17.3 Å². The third-order valence-corrected chi connectivity index (χ3v) is 5.42. The Morgan fingerprint density at radius 2 is 1.69 bits per heavy atom. The van der Waals surface area contributed by atoms with Gasteiger partial charge in [0.1, 0.15) is 5.69 Å². The topological polar surface area (TPSA) is 96.9 Å². The third kappa shape index (κ3) is 3.92. The molecule has 9 nitrogen and oxygen atoms in total. The zero-order chi connectivity index (χ0) is 21.9. The average Bonchev–Trinajstić information content (AvgIpc) is 3.33. The predicted octanol–water partition coefficient (Wildman–Crippen LogP) is 2.42. The summed E-state index contributed by atoms with van der Waals surface area (Å²) in [6.45, 7) is 2.44. The molecule has 5 rings (SSSR count). The van der Waals surface area contributed by atoms with Crippen LogP contribution in [0.2, 0.25) is 0 Å². The third-order valence-electron chi connectivity index (χ3n) is 5.42. The molecular formula is C23H21N5O4. The highest BCUT2D eigenvalue weighted by molar-refractivity contribution is 6.06. The van der Waals surface area contributed by atoms with Crippen LogP contribution in [-0.2, 0) is 0 Å². The zero-order valence-electron chi connectivity index (χ0n) is 17.2. The molecule has 0 spiro atoms. The number of pyridine rings is 2. The Balaban J connectivity index is 1.27. The smallest absolute Gasteiger partial charge is 0.272 e. The van der Waals surface area contributed by atoms with Crippen LogP contribution in [0.15, 0.2) is 60.9 Å². The molecule has 2 aliphatic heterocycles. The molecule has 9 heteroatoms. The molecule has 0 radical (unpaired) electrons. The molecule has 0 unspecified atom stereocenters. The van der Waals surface area contributed by atoms with Crippen LogP contribution in [-0.4, -0.2) is 59.7 Å². The maximum absolute atomic E-state index is 12.8. The number of hydrogen-bond acceptors (Lipinski definition) is 7. The summed E-state index contributed by atoms with van der Waals surface area (Å²) < 4.78 is 10.7. The number of nitrogens with zero attached hydrogens (tertiary/aromatic N) is 4. The number of nitrogens with one attached hydrogen (secondary N) is 1. The van der Waals surface area contributed by atoms with Crippen LogP contribution < -0.4 is 19.7 Å². The molecule has 2 aliphatic rings. The number of aromatic nitrogens is 2. The highest BCUT2D eigenvalue weighted by atomic mass is 16.7. The van der Waals surface area contributed by atoms with E-state index < -0.39 is 0 Å². The van der Waals surface area contributed by atoms with Crippen LogP contribution in [0.5, 0.6) is 11.5 Å². The number of benzene rings is 1. The molecule has 162 valence electrons. The van der Waals surface area contributed by atoms with E-state index >= 15 is 0 Å². The van der Waals surface area contributed by atoms with Crippen molar-refractivity contribution >= 4 is 23.3 Å².